The van der Waals surface area contributed by atoms with E-state index >= 15 is 0 Å². The van der Waals surface area contributed by atoms with Crippen molar-refractivity contribution in [2.24, 2.45) is 5.41 Å². The van der Waals surface area contributed by atoms with Gasteiger partial charge in [0.25, 0.3) is 5.85 Å². The van der Waals surface area contributed by atoms with Gasteiger partial charge in [0.05, 0.1) is 11.3 Å². The molecular formula is C21H17F5O3S. The van der Waals surface area contributed by atoms with Crippen molar-refractivity contribution in [3.05, 3.63) is 70.9 Å². The molecular weight excluding hydrogens is 427 g/mol. The second-order valence-corrected chi connectivity index (χ2v) is 9.52. The lowest BCUT2D eigenvalue weighted by Crippen LogP contribution is -2.29. The molecule has 0 aliphatic heterocycles. The standard InChI is InChI=1S/C21H17F5O3S/c1-29-21(26)11-17(22)14(8-18(21)23)16-10-20(6-7-20)9-15(16)12-2-4-13(5-3-12)30(27,28)19(24)25/h2-5,8-10,19H,6-7,11H2,1H3. The molecule has 0 N–H and O–H groups in total. The van der Waals surface area contributed by atoms with Crippen molar-refractivity contribution in [3.63, 3.8) is 0 Å². The van der Waals surface area contributed by atoms with Gasteiger partial charge in [-0.2, -0.15) is 8.78 Å². The lowest BCUT2D eigenvalue weighted by molar-refractivity contribution is -0.107. The Kier molecular flexibility index (Phi) is 4.81. The molecule has 0 radical (unpaired) electrons. The summed E-state index contributed by atoms with van der Waals surface area (Å²) in [4.78, 5) is -0.539. The van der Waals surface area contributed by atoms with Gasteiger partial charge in [0.2, 0.25) is 9.84 Å². The molecule has 1 saturated carbocycles. The SMILES string of the molecule is COC1(F)CC(F)=C(C2=CC3(C=C2c2ccc(S(=O)(=O)C(F)F)cc2)CC3)C=C1F. The lowest BCUT2D eigenvalue weighted by atomic mass is 9.89. The monoisotopic (exact) mass is 444 g/mol. The molecule has 0 bridgehead atoms. The van der Waals surface area contributed by atoms with Crippen LogP contribution in [0, 0.1) is 5.41 Å². The Morgan fingerprint density at radius 2 is 1.63 bits per heavy atom. The summed E-state index contributed by atoms with van der Waals surface area (Å²) >= 11 is 0. The number of rotatable bonds is 5. The van der Waals surface area contributed by atoms with E-state index in [1.165, 1.54) is 12.1 Å². The van der Waals surface area contributed by atoms with Crippen LogP contribution in [-0.2, 0) is 14.6 Å². The van der Waals surface area contributed by atoms with Gasteiger partial charge in [-0.25, -0.2) is 21.6 Å². The average molecular weight is 444 g/mol. The summed E-state index contributed by atoms with van der Waals surface area (Å²) in [5.74, 6) is -8.54. The van der Waals surface area contributed by atoms with Crippen LogP contribution in [0.5, 0.6) is 0 Å². The number of ether oxygens (including phenoxy) is 1. The van der Waals surface area contributed by atoms with E-state index in [1.54, 1.807) is 6.08 Å². The van der Waals surface area contributed by atoms with Crippen LogP contribution in [0.4, 0.5) is 22.0 Å². The quantitative estimate of drug-likeness (QED) is 0.557. The van der Waals surface area contributed by atoms with Crippen molar-refractivity contribution in [3.8, 4) is 0 Å². The van der Waals surface area contributed by atoms with Gasteiger partial charge in [0.1, 0.15) is 5.83 Å². The minimum Gasteiger partial charge on any atom is -0.344 e. The molecule has 0 amide bonds. The molecule has 0 heterocycles. The van der Waals surface area contributed by atoms with Crippen LogP contribution < -0.4 is 0 Å². The zero-order valence-electron chi connectivity index (χ0n) is 15.8. The molecule has 4 rings (SSSR count). The number of halogens is 5. The summed E-state index contributed by atoms with van der Waals surface area (Å²) in [5.41, 5.74) is 0.879. The van der Waals surface area contributed by atoms with Crippen LogP contribution in [-0.4, -0.2) is 27.1 Å². The highest BCUT2D eigenvalue weighted by Gasteiger charge is 2.46. The van der Waals surface area contributed by atoms with E-state index in [2.05, 4.69) is 4.74 Å². The molecule has 30 heavy (non-hydrogen) atoms. The molecule has 1 aromatic carbocycles. The predicted molar refractivity (Wildman–Crippen MR) is 100 cm³/mol. The lowest BCUT2D eigenvalue weighted by Gasteiger charge is -2.26. The number of sulfone groups is 1. The number of hydrogen-bond donors (Lipinski definition) is 0. The van der Waals surface area contributed by atoms with E-state index in [1.807, 2.05) is 6.08 Å². The number of alkyl halides is 3. The summed E-state index contributed by atoms with van der Waals surface area (Å²) in [6.07, 6.45) is 5.08. The van der Waals surface area contributed by atoms with E-state index in [0.717, 1.165) is 38.2 Å². The molecule has 1 atom stereocenters. The molecule has 1 spiro atoms. The first-order valence-corrected chi connectivity index (χ1v) is 10.7. The molecule has 160 valence electrons. The molecule has 0 aromatic heterocycles. The van der Waals surface area contributed by atoms with Crippen LogP contribution in [0.3, 0.4) is 0 Å². The minimum absolute atomic E-state index is 0.114. The van der Waals surface area contributed by atoms with Crippen LogP contribution in [0.1, 0.15) is 24.8 Å². The van der Waals surface area contributed by atoms with Crippen molar-refractivity contribution in [2.45, 2.75) is 35.8 Å². The van der Waals surface area contributed by atoms with Crippen molar-refractivity contribution in [1.82, 2.24) is 0 Å². The molecule has 1 fully saturated rings. The molecule has 1 unspecified atom stereocenters. The molecule has 3 aliphatic rings. The highest BCUT2D eigenvalue weighted by atomic mass is 32.2. The van der Waals surface area contributed by atoms with Crippen molar-refractivity contribution >= 4 is 15.4 Å². The molecule has 1 aromatic rings. The van der Waals surface area contributed by atoms with E-state index in [4.69, 9.17) is 0 Å². The minimum atomic E-state index is -4.75. The zero-order valence-corrected chi connectivity index (χ0v) is 16.6. The second-order valence-electron chi connectivity index (χ2n) is 7.60. The number of allylic oxidation sites excluding steroid dienone is 6. The third kappa shape index (κ3) is 3.33. The molecule has 0 saturated heterocycles. The maximum Gasteiger partial charge on any atom is 0.341 e. The Labute approximate surface area is 170 Å². The Balaban J connectivity index is 1.73. The molecule has 9 heteroatoms. The summed E-state index contributed by atoms with van der Waals surface area (Å²) in [7, 11) is -3.80. The first-order chi connectivity index (χ1) is 14.0. The Morgan fingerprint density at radius 1 is 1.03 bits per heavy atom. The number of hydrogen-bond acceptors (Lipinski definition) is 3. The topological polar surface area (TPSA) is 43.4 Å². The average Bonchev–Trinajstić information content (AvgIpc) is 3.35. The smallest absolute Gasteiger partial charge is 0.341 e. The fraction of sp³-hybridized carbons (Fsp3) is 0.333. The summed E-state index contributed by atoms with van der Waals surface area (Å²) in [6, 6.07) is 4.78. The number of methoxy groups -OCH3 is 1. The van der Waals surface area contributed by atoms with Gasteiger partial charge in [-0.05, 0) is 47.8 Å². The third-order valence-electron chi connectivity index (χ3n) is 5.63. The highest BCUT2D eigenvalue weighted by molar-refractivity contribution is 7.91. The first-order valence-electron chi connectivity index (χ1n) is 9.11. The van der Waals surface area contributed by atoms with Gasteiger partial charge in [-0.3, -0.25) is 0 Å². The van der Waals surface area contributed by atoms with Gasteiger partial charge in [0.15, 0.2) is 5.83 Å². The van der Waals surface area contributed by atoms with Gasteiger partial charge < -0.3 is 4.74 Å². The van der Waals surface area contributed by atoms with Gasteiger partial charge in [-0.15, -0.1) is 0 Å². The van der Waals surface area contributed by atoms with E-state index in [9.17, 15) is 30.4 Å². The molecule has 3 nitrogen and oxygen atoms in total. The van der Waals surface area contributed by atoms with E-state index in [-0.39, 0.29) is 11.0 Å². The van der Waals surface area contributed by atoms with E-state index in [0.29, 0.717) is 16.7 Å². The fourth-order valence-electron chi connectivity index (χ4n) is 3.68. The summed E-state index contributed by atoms with van der Waals surface area (Å²) in [5, 5.41) is 0. The first kappa shape index (κ1) is 21.0. The maximum atomic E-state index is 14.7. The van der Waals surface area contributed by atoms with Gasteiger partial charge in [0, 0.05) is 18.1 Å². The normalized spacial score (nSPS) is 25.5. The Morgan fingerprint density at radius 3 is 2.17 bits per heavy atom. The maximum absolute atomic E-state index is 14.7. The van der Waals surface area contributed by atoms with Crippen LogP contribution in [0.15, 0.2) is 70.2 Å². The van der Waals surface area contributed by atoms with E-state index < -0.39 is 44.4 Å². The third-order valence-corrected chi connectivity index (χ3v) is 7.02. The van der Waals surface area contributed by atoms with Crippen LogP contribution in [0.25, 0.3) is 5.57 Å². The molecule has 3 aliphatic carbocycles. The number of benzene rings is 1. The summed E-state index contributed by atoms with van der Waals surface area (Å²) in [6.45, 7) is 0. The Hall–Kier alpha value is -2.26. The van der Waals surface area contributed by atoms with Crippen molar-refractivity contribution in [2.75, 3.05) is 7.11 Å². The fourth-order valence-corrected chi connectivity index (χ4v) is 4.40. The van der Waals surface area contributed by atoms with Gasteiger partial charge in [-0.1, -0.05) is 24.3 Å². The zero-order chi connectivity index (χ0) is 21.9. The Bertz CT molecular complexity index is 1130. The summed E-state index contributed by atoms with van der Waals surface area (Å²) < 4.78 is 96.6. The second kappa shape index (κ2) is 6.88. The van der Waals surface area contributed by atoms with Crippen molar-refractivity contribution in [1.29, 1.82) is 0 Å². The van der Waals surface area contributed by atoms with Crippen LogP contribution >= 0.6 is 0 Å². The predicted octanol–water partition coefficient (Wildman–Crippen LogP) is 5.58. The van der Waals surface area contributed by atoms with Crippen molar-refractivity contribution < 1.29 is 35.1 Å². The highest BCUT2D eigenvalue weighted by Crippen LogP contribution is 2.58. The largest absolute Gasteiger partial charge is 0.344 e. The van der Waals surface area contributed by atoms with Gasteiger partial charge >= 0.3 is 5.76 Å². The van der Waals surface area contributed by atoms with Crippen LogP contribution in [0.2, 0.25) is 0 Å².